The Morgan fingerprint density at radius 3 is 2.58 bits per heavy atom. The number of carbonyl (C=O) groups excluding carboxylic acids is 2. The number of benzene rings is 2. The molecule has 1 fully saturated rings. The quantitative estimate of drug-likeness (QED) is 0.237. The molecule has 1 unspecified atom stereocenters. The van der Waals surface area contributed by atoms with Gasteiger partial charge in [-0.15, -0.1) is 0 Å². The molecule has 0 radical (unpaired) electrons. The van der Waals surface area contributed by atoms with Gasteiger partial charge in [-0.05, 0) is 74.6 Å². The molecule has 0 bridgehead atoms. The minimum atomic E-state index is -1.69. The van der Waals surface area contributed by atoms with E-state index in [9.17, 15) is 23.5 Å². The maximum Gasteiger partial charge on any atom is 0.251 e. The molecule has 3 heterocycles. The van der Waals surface area contributed by atoms with Gasteiger partial charge in [-0.1, -0.05) is 23.2 Å². The van der Waals surface area contributed by atoms with Gasteiger partial charge >= 0.3 is 0 Å². The molecule has 8 nitrogen and oxygen atoms in total. The Hall–Kier alpha value is -3.86. The van der Waals surface area contributed by atoms with E-state index in [1.807, 2.05) is 13.0 Å². The molecule has 0 spiro atoms. The molecule has 4 aromatic rings. The van der Waals surface area contributed by atoms with E-state index in [4.69, 9.17) is 33.7 Å². The molecule has 1 aliphatic carbocycles. The number of amides is 2. The van der Waals surface area contributed by atoms with Crippen molar-refractivity contribution in [2.75, 3.05) is 13.2 Å². The van der Waals surface area contributed by atoms with E-state index in [-0.39, 0.29) is 47.3 Å². The first-order valence-corrected chi connectivity index (χ1v) is 14.3. The molecule has 6 rings (SSSR count). The van der Waals surface area contributed by atoms with Gasteiger partial charge in [-0.2, -0.15) is 0 Å². The number of halogens is 4. The van der Waals surface area contributed by atoms with Gasteiger partial charge in [0.05, 0.1) is 27.8 Å². The Bertz CT molecular complexity index is 1830. The van der Waals surface area contributed by atoms with Crippen molar-refractivity contribution >= 4 is 45.9 Å². The molecule has 2 aromatic carbocycles. The molecule has 12 heteroatoms. The number of hydrogen-bond acceptors (Lipinski definition) is 6. The van der Waals surface area contributed by atoms with Crippen molar-refractivity contribution in [2.45, 2.75) is 37.7 Å². The van der Waals surface area contributed by atoms with Crippen molar-refractivity contribution in [3.8, 4) is 17.0 Å². The second kappa shape index (κ2) is 10.4. The third kappa shape index (κ3) is 4.97. The van der Waals surface area contributed by atoms with Crippen molar-refractivity contribution in [1.29, 1.82) is 0 Å². The van der Waals surface area contributed by atoms with E-state index in [0.29, 0.717) is 34.3 Å². The molecule has 0 saturated heterocycles. The van der Waals surface area contributed by atoms with Gasteiger partial charge in [0, 0.05) is 28.3 Å². The molecule has 2 aliphatic rings. The van der Waals surface area contributed by atoms with Crippen molar-refractivity contribution in [3.05, 3.63) is 86.7 Å². The first-order valence-electron chi connectivity index (χ1n) is 13.5. The highest BCUT2D eigenvalue weighted by atomic mass is 35.5. The predicted octanol–water partition coefficient (Wildman–Crippen LogP) is 5.35. The summed E-state index contributed by atoms with van der Waals surface area (Å²) in [5.74, 6) is -3.73. The largest absolute Gasteiger partial charge is 0.489 e. The van der Waals surface area contributed by atoms with Crippen LogP contribution in [0, 0.1) is 24.5 Å². The number of pyridine rings is 2. The van der Waals surface area contributed by atoms with Crippen LogP contribution in [-0.4, -0.2) is 40.0 Å². The van der Waals surface area contributed by atoms with E-state index in [1.165, 1.54) is 18.2 Å². The van der Waals surface area contributed by atoms with Crippen LogP contribution in [0.5, 0.6) is 5.75 Å². The summed E-state index contributed by atoms with van der Waals surface area (Å²) in [6, 6.07) is 8.67. The minimum Gasteiger partial charge on any atom is -0.489 e. The summed E-state index contributed by atoms with van der Waals surface area (Å²) in [6.45, 7) is 3.10. The lowest BCUT2D eigenvalue weighted by Crippen LogP contribution is -2.44. The van der Waals surface area contributed by atoms with Gasteiger partial charge in [-0.3, -0.25) is 14.6 Å². The summed E-state index contributed by atoms with van der Waals surface area (Å²) >= 11 is 12.4. The number of nitrogens with two attached hydrogens (primary N) is 1. The first-order chi connectivity index (χ1) is 20.3. The van der Waals surface area contributed by atoms with Crippen LogP contribution in [0.4, 0.5) is 8.78 Å². The molecule has 2 aromatic heterocycles. The predicted molar refractivity (Wildman–Crippen MR) is 157 cm³/mol. The van der Waals surface area contributed by atoms with E-state index >= 15 is 0 Å². The summed E-state index contributed by atoms with van der Waals surface area (Å²) < 4.78 is 34.3. The zero-order valence-corrected chi connectivity index (χ0v) is 24.6. The number of fused-ring (bicyclic) bond motifs is 2. The van der Waals surface area contributed by atoms with Crippen LogP contribution in [-0.2, 0) is 15.8 Å². The van der Waals surface area contributed by atoms with Gasteiger partial charge in [-0.25, -0.2) is 13.8 Å². The SMILES string of the molecule is Cc1cnc2c(Cl)cc(C(=O)NCC(O)(c3cc4c(c(-c5cc(F)c(F)c(Cl)c5)n3)OC[C@]4(C)C(N)=O)C3CC3)cc2c1. The fourth-order valence-corrected chi connectivity index (χ4v) is 5.95. The smallest absolute Gasteiger partial charge is 0.251 e. The molecule has 4 N–H and O–H groups in total. The van der Waals surface area contributed by atoms with Gasteiger partial charge in [0.2, 0.25) is 5.91 Å². The van der Waals surface area contributed by atoms with Crippen LogP contribution < -0.4 is 15.8 Å². The van der Waals surface area contributed by atoms with Gasteiger partial charge in [0.25, 0.3) is 5.91 Å². The molecule has 1 saturated carbocycles. The van der Waals surface area contributed by atoms with Gasteiger partial charge in [0.15, 0.2) is 11.6 Å². The Morgan fingerprint density at radius 1 is 1.16 bits per heavy atom. The number of hydrogen-bond donors (Lipinski definition) is 3. The number of carbonyl (C=O) groups is 2. The van der Waals surface area contributed by atoms with Crippen LogP contribution in [0.15, 0.2) is 42.6 Å². The summed E-state index contributed by atoms with van der Waals surface area (Å²) in [7, 11) is 0. The number of aryl methyl sites for hydroxylation is 1. The van der Waals surface area contributed by atoms with Gasteiger partial charge in [0.1, 0.15) is 29.1 Å². The Kier molecular flexibility index (Phi) is 7.06. The highest BCUT2D eigenvalue weighted by molar-refractivity contribution is 6.35. The normalized spacial score (nSPS) is 19.0. The average molecular weight is 627 g/mol. The summed E-state index contributed by atoms with van der Waals surface area (Å²) in [6.07, 6.45) is 2.98. The van der Waals surface area contributed by atoms with Crippen LogP contribution in [0.2, 0.25) is 10.0 Å². The van der Waals surface area contributed by atoms with Crippen LogP contribution in [0.25, 0.3) is 22.2 Å². The Labute approximate surface area is 255 Å². The van der Waals surface area contributed by atoms with Crippen LogP contribution in [0.1, 0.15) is 46.9 Å². The average Bonchev–Trinajstić information content (AvgIpc) is 3.77. The van der Waals surface area contributed by atoms with E-state index in [2.05, 4.69) is 15.3 Å². The van der Waals surface area contributed by atoms with Crippen LogP contribution >= 0.6 is 23.2 Å². The maximum absolute atomic E-state index is 14.4. The van der Waals surface area contributed by atoms with Crippen molar-refractivity contribution in [3.63, 3.8) is 0 Å². The maximum atomic E-state index is 14.4. The molecular formula is C31H26Cl2F2N4O4. The van der Waals surface area contributed by atoms with Crippen molar-refractivity contribution in [1.82, 2.24) is 15.3 Å². The van der Waals surface area contributed by atoms with E-state index in [1.54, 1.807) is 19.2 Å². The molecule has 222 valence electrons. The number of rotatable bonds is 7. The second-order valence-electron chi connectivity index (χ2n) is 11.4. The topological polar surface area (TPSA) is 127 Å². The molecule has 1 aliphatic heterocycles. The first kappa shape index (κ1) is 29.2. The fraction of sp³-hybridized carbons (Fsp3) is 0.290. The Balaban J connectivity index is 1.42. The minimum absolute atomic E-state index is 0.0489. The molecule has 2 atom stereocenters. The highest BCUT2D eigenvalue weighted by Crippen LogP contribution is 2.50. The monoisotopic (exact) mass is 626 g/mol. The fourth-order valence-electron chi connectivity index (χ4n) is 5.47. The summed E-state index contributed by atoms with van der Waals surface area (Å²) in [5, 5.41) is 15.4. The number of ether oxygens (including phenoxy) is 1. The van der Waals surface area contributed by atoms with E-state index in [0.717, 1.165) is 11.6 Å². The third-order valence-electron chi connectivity index (χ3n) is 8.22. The number of aliphatic hydroxyl groups is 1. The van der Waals surface area contributed by atoms with Crippen molar-refractivity contribution in [2.24, 2.45) is 11.7 Å². The third-order valence-corrected chi connectivity index (χ3v) is 8.79. The van der Waals surface area contributed by atoms with Gasteiger partial charge < -0.3 is 20.9 Å². The summed E-state index contributed by atoms with van der Waals surface area (Å²) in [4.78, 5) is 34.9. The molecule has 2 amide bonds. The lowest BCUT2D eigenvalue weighted by Gasteiger charge is -2.30. The molecule has 43 heavy (non-hydrogen) atoms. The van der Waals surface area contributed by atoms with Crippen LogP contribution in [0.3, 0.4) is 0 Å². The zero-order valence-electron chi connectivity index (χ0n) is 23.1. The number of nitrogens with one attached hydrogen (secondary N) is 1. The number of aromatic nitrogens is 2. The molecular weight excluding hydrogens is 601 g/mol. The lowest BCUT2D eigenvalue weighted by molar-refractivity contribution is -0.123. The number of primary amides is 1. The highest BCUT2D eigenvalue weighted by Gasteiger charge is 2.50. The lowest BCUT2D eigenvalue weighted by atomic mass is 9.81. The standard InChI is InChI=1S/C31H26Cl2F2N4O4/c1-14-5-15-6-17(8-21(33)25(15)37-11-14)28(40)38-12-31(42,18-3-4-18)23-10-19-27(43-13-30(19,2)29(36)41)26(39-23)16-7-20(32)24(35)22(34)9-16/h5-11,18,42H,3-4,12-13H2,1-2H3,(H2,36,41)(H,38,40)/t30-,31?/m0/s1. The zero-order chi connectivity index (χ0) is 30.8. The summed E-state index contributed by atoms with van der Waals surface area (Å²) in [5.41, 5.74) is 5.06. The van der Waals surface area contributed by atoms with E-state index < -0.39 is 39.5 Å². The number of nitrogens with zero attached hydrogens (tertiary/aromatic N) is 2. The van der Waals surface area contributed by atoms with Crippen molar-refractivity contribution < 1.29 is 28.2 Å². The second-order valence-corrected chi connectivity index (χ2v) is 12.2. The Morgan fingerprint density at radius 2 is 1.91 bits per heavy atom.